The lowest BCUT2D eigenvalue weighted by Gasteiger charge is -2.14. The van der Waals surface area contributed by atoms with Gasteiger partial charge in [0.2, 0.25) is 5.91 Å². The maximum atomic E-state index is 12.2. The van der Waals surface area contributed by atoms with Crippen LogP contribution in [0.3, 0.4) is 0 Å². The number of amides is 2. The van der Waals surface area contributed by atoms with Gasteiger partial charge in [0.05, 0.1) is 5.92 Å². The van der Waals surface area contributed by atoms with Crippen molar-refractivity contribution in [2.45, 2.75) is 89.7 Å². The van der Waals surface area contributed by atoms with Crippen molar-refractivity contribution < 1.29 is 22.6 Å². The van der Waals surface area contributed by atoms with Crippen LogP contribution in [0.25, 0.3) is 0 Å². The van der Waals surface area contributed by atoms with E-state index in [1.165, 1.54) is 38.5 Å². The topological polar surface area (TPSA) is 91.8 Å². The van der Waals surface area contributed by atoms with E-state index in [0.717, 1.165) is 24.2 Å². The molecule has 2 atom stereocenters. The Kier molecular flexibility index (Phi) is 9.64. The molecule has 7 heteroatoms. The van der Waals surface area contributed by atoms with Crippen LogP contribution < -0.4 is 0 Å². The molecule has 1 heterocycles. The van der Waals surface area contributed by atoms with E-state index < -0.39 is 33.1 Å². The number of hydrogen-bond acceptors (Lipinski definition) is 4. The second-order valence-corrected chi connectivity index (χ2v) is 8.50. The zero-order valence-electron chi connectivity index (χ0n) is 15.6. The summed E-state index contributed by atoms with van der Waals surface area (Å²) < 4.78 is 32.0. The first kappa shape index (κ1) is 22.1. The summed E-state index contributed by atoms with van der Waals surface area (Å²) in [6.07, 6.45) is 11.7. The number of carbonyl (C=O) groups excluding carboxylic acids is 2. The van der Waals surface area contributed by atoms with Gasteiger partial charge in [0.15, 0.2) is 5.25 Å². The highest BCUT2D eigenvalue weighted by Gasteiger charge is 2.52. The summed E-state index contributed by atoms with van der Waals surface area (Å²) in [7, 11) is -4.54. The van der Waals surface area contributed by atoms with Gasteiger partial charge in [-0.25, -0.2) is 0 Å². The van der Waals surface area contributed by atoms with Crippen molar-refractivity contribution in [2.24, 2.45) is 5.92 Å². The number of imide groups is 1. The molecule has 6 nitrogen and oxygen atoms in total. The molecule has 0 aliphatic carbocycles. The molecule has 0 saturated carbocycles. The average Bonchev–Trinajstić information content (AvgIpc) is 2.79. The summed E-state index contributed by atoms with van der Waals surface area (Å²) >= 11 is 0. The summed E-state index contributed by atoms with van der Waals surface area (Å²) in [6.45, 7) is 4.10. The van der Waals surface area contributed by atoms with Gasteiger partial charge < -0.3 is 0 Å². The second-order valence-electron chi connectivity index (χ2n) is 6.96. The Morgan fingerprint density at radius 3 is 1.72 bits per heavy atom. The summed E-state index contributed by atoms with van der Waals surface area (Å²) in [6, 6.07) is 0. The van der Waals surface area contributed by atoms with E-state index >= 15 is 0 Å². The van der Waals surface area contributed by atoms with E-state index in [2.05, 4.69) is 6.92 Å². The Hall–Kier alpha value is -0.950. The van der Waals surface area contributed by atoms with E-state index in [0.29, 0.717) is 6.42 Å². The van der Waals surface area contributed by atoms with Gasteiger partial charge >= 0.3 is 0 Å². The maximum Gasteiger partial charge on any atom is 0.277 e. The average molecular weight is 376 g/mol. The third-order valence-electron chi connectivity index (χ3n) is 4.95. The molecule has 0 spiro atoms. The Labute approximate surface area is 152 Å². The molecule has 0 aromatic heterocycles. The van der Waals surface area contributed by atoms with Gasteiger partial charge in [-0.3, -0.25) is 19.0 Å². The normalized spacial score (nSPS) is 21.3. The van der Waals surface area contributed by atoms with Gasteiger partial charge in [0, 0.05) is 6.54 Å². The zero-order valence-corrected chi connectivity index (χ0v) is 16.4. The smallest absolute Gasteiger partial charge is 0.277 e. The summed E-state index contributed by atoms with van der Waals surface area (Å²) in [5.74, 6) is -2.19. The molecule has 25 heavy (non-hydrogen) atoms. The van der Waals surface area contributed by atoms with Crippen molar-refractivity contribution in [3.05, 3.63) is 0 Å². The van der Waals surface area contributed by atoms with Gasteiger partial charge in [-0.2, -0.15) is 8.42 Å². The third kappa shape index (κ3) is 6.70. The Balaban J connectivity index is 2.29. The SMILES string of the molecule is CCCCCCCCCCCCN1C(=O)C(CC)C(S(=O)(=O)O)C1=O. The second kappa shape index (κ2) is 10.9. The molecule has 0 aromatic carbocycles. The van der Waals surface area contributed by atoms with E-state index in [1.807, 2.05) is 0 Å². The summed E-state index contributed by atoms with van der Waals surface area (Å²) in [5.41, 5.74) is 0. The number of unbranched alkanes of at least 4 members (excludes halogenated alkanes) is 9. The highest BCUT2D eigenvalue weighted by atomic mass is 32.2. The fourth-order valence-corrected chi connectivity index (χ4v) is 4.57. The number of rotatable bonds is 13. The Morgan fingerprint density at radius 1 is 0.840 bits per heavy atom. The van der Waals surface area contributed by atoms with Crippen molar-refractivity contribution in [1.82, 2.24) is 4.90 Å². The molecule has 1 aliphatic rings. The number of carbonyl (C=O) groups is 2. The first-order valence-electron chi connectivity index (χ1n) is 9.66. The molecular weight excluding hydrogens is 342 g/mol. The van der Waals surface area contributed by atoms with Gasteiger partial charge in [0.1, 0.15) is 0 Å². The fraction of sp³-hybridized carbons (Fsp3) is 0.889. The summed E-state index contributed by atoms with van der Waals surface area (Å²) in [5, 5.41) is -1.62. The lowest BCUT2D eigenvalue weighted by molar-refractivity contribution is -0.139. The monoisotopic (exact) mass is 375 g/mol. The molecule has 1 fully saturated rings. The minimum atomic E-state index is -4.54. The predicted molar refractivity (Wildman–Crippen MR) is 97.7 cm³/mol. The van der Waals surface area contributed by atoms with Crippen LogP contribution in [-0.4, -0.2) is 41.5 Å². The van der Waals surface area contributed by atoms with Crippen LogP contribution in [0.5, 0.6) is 0 Å². The van der Waals surface area contributed by atoms with Crippen molar-refractivity contribution >= 4 is 21.9 Å². The predicted octanol–water partition coefficient (Wildman–Crippen LogP) is 3.56. The molecule has 1 N–H and O–H groups in total. The highest BCUT2D eigenvalue weighted by molar-refractivity contribution is 7.87. The third-order valence-corrected chi connectivity index (χ3v) is 6.13. The van der Waals surface area contributed by atoms with Crippen LogP contribution in [0.4, 0.5) is 0 Å². The minimum Gasteiger partial charge on any atom is -0.285 e. The quantitative estimate of drug-likeness (QED) is 0.302. The number of likely N-dealkylation sites (tertiary alicyclic amines) is 1. The lowest BCUT2D eigenvalue weighted by atomic mass is 10.1. The Bertz CT molecular complexity index is 532. The molecule has 1 saturated heterocycles. The number of hydrogen-bond donors (Lipinski definition) is 1. The van der Waals surface area contributed by atoms with E-state index in [1.54, 1.807) is 6.92 Å². The van der Waals surface area contributed by atoms with Crippen molar-refractivity contribution in [2.75, 3.05) is 6.54 Å². The molecule has 0 aromatic rings. The molecule has 1 aliphatic heterocycles. The molecule has 0 radical (unpaired) electrons. The first-order valence-corrected chi connectivity index (χ1v) is 11.2. The standard InChI is InChI=1S/C18H33NO5S/c1-3-5-6-7-8-9-10-11-12-13-14-19-17(20)15(4-2)16(18(19)21)25(22,23)24/h15-16H,3-14H2,1-2H3,(H,22,23,24). The van der Waals surface area contributed by atoms with Crippen LogP contribution in [0.2, 0.25) is 0 Å². The summed E-state index contributed by atoms with van der Waals surface area (Å²) in [4.78, 5) is 25.4. The van der Waals surface area contributed by atoms with Gasteiger partial charge in [0.25, 0.3) is 16.0 Å². The van der Waals surface area contributed by atoms with Crippen LogP contribution in [0.15, 0.2) is 0 Å². The Morgan fingerprint density at radius 2 is 1.32 bits per heavy atom. The van der Waals surface area contributed by atoms with Crippen LogP contribution in [0.1, 0.15) is 84.5 Å². The number of nitrogens with zero attached hydrogens (tertiary/aromatic N) is 1. The molecule has 0 bridgehead atoms. The van der Waals surface area contributed by atoms with Crippen molar-refractivity contribution in [3.8, 4) is 0 Å². The molecular formula is C18H33NO5S. The fourth-order valence-electron chi connectivity index (χ4n) is 3.47. The molecule has 1 rings (SSSR count). The van der Waals surface area contributed by atoms with E-state index in [9.17, 15) is 22.6 Å². The largest absolute Gasteiger partial charge is 0.285 e. The highest BCUT2D eigenvalue weighted by Crippen LogP contribution is 2.28. The maximum absolute atomic E-state index is 12.2. The molecule has 2 unspecified atom stereocenters. The van der Waals surface area contributed by atoms with E-state index in [4.69, 9.17) is 0 Å². The van der Waals surface area contributed by atoms with Gasteiger partial charge in [-0.15, -0.1) is 0 Å². The van der Waals surface area contributed by atoms with Gasteiger partial charge in [-0.1, -0.05) is 71.6 Å². The van der Waals surface area contributed by atoms with Crippen molar-refractivity contribution in [3.63, 3.8) is 0 Å². The first-order chi connectivity index (χ1) is 11.8. The van der Waals surface area contributed by atoms with Crippen LogP contribution in [-0.2, 0) is 19.7 Å². The molecule has 146 valence electrons. The zero-order chi connectivity index (χ0) is 18.9. The minimum absolute atomic E-state index is 0.226. The lowest BCUT2D eigenvalue weighted by Crippen LogP contribution is -2.36. The van der Waals surface area contributed by atoms with Crippen LogP contribution in [0, 0.1) is 5.92 Å². The van der Waals surface area contributed by atoms with Crippen molar-refractivity contribution in [1.29, 1.82) is 0 Å². The van der Waals surface area contributed by atoms with E-state index in [-0.39, 0.29) is 13.0 Å². The molecule has 2 amide bonds. The van der Waals surface area contributed by atoms with Gasteiger partial charge in [-0.05, 0) is 12.8 Å². The van der Waals surface area contributed by atoms with Crippen LogP contribution >= 0.6 is 0 Å².